The number of amides is 3. The van der Waals surface area contributed by atoms with Gasteiger partial charge in [0.25, 0.3) is 0 Å². The van der Waals surface area contributed by atoms with Gasteiger partial charge in [0.2, 0.25) is 5.91 Å². The fourth-order valence-electron chi connectivity index (χ4n) is 4.54. The molecule has 1 unspecified atom stereocenters. The quantitative estimate of drug-likeness (QED) is 0.775. The van der Waals surface area contributed by atoms with Crippen LogP contribution in [0.4, 0.5) is 9.18 Å². The fourth-order valence-corrected chi connectivity index (χ4v) is 4.54. The van der Waals surface area contributed by atoms with E-state index in [1.165, 1.54) is 17.7 Å². The number of nitrogens with one attached hydrogen (secondary N) is 2. The number of hydrogen-bond donors (Lipinski definition) is 2. The highest BCUT2D eigenvalue weighted by Gasteiger charge is 2.43. The van der Waals surface area contributed by atoms with Crippen molar-refractivity contribution in [2.24, 2.45) is 0 Å². The lowest BCUT2D eigenvalue weighted by molar-refractivity contribution is -0.122. The summed E-state index contributed by atoms with van der Waals surface area (Å²) >= 11 is 0. The molecular weight excluding hydrogens is 395 g/mol. The predicted molar refractivity (Wildman–Crippen MR) is 117 cm³/mol. The van der Waals surface area contributed by atoms with Gasteiger partial charge in [0.15, 0.2) is 0 Å². The molecule has 2 aliphatic rings. The van der Waals surface area contributed by atoms with Crippen LogP contribution >= 0.6 is 0 Å². The van der Waals surface area contributed by atoms with Crippen molar-refractivity contribution in [2.75, 3.05) is 32.7 Å². The fraction of sp³-hybridized carbons (Fsp3) is 0.417. The smallest absolute Gasteiger partial charge is 0.317 e. The Kier molecular flexibility index (Phi) is 6.51. The van der Waals surface area contributed by atoms with E-state index in [-0.39, 0.29) is 17.8 Å². The number of urea groups is 1. The van der Waals surface area contributed by atoms with Crippen LogP contribution in [0.1, 0.15) is 24.0 Å². The van der Waals surface area contributed by atoms with Crippen molar-refractivity contribution in [1.82, 2.24) is 20.4 Å². The molecule has 4 rings (SSSR count). The minimum Gasteiger partial charge on any atom is -0.347 e. The molecule has 3 amide bonds. The van der Waals surface area contributed by atoms with Crippen LogP contribution in [0.2, 0.25) is 0 Å². The van der Waals surface area contributed by atoms with Crippen LogP contribution in [0.15, 0.2) is 54.6 Å². The molecule has 164 valence electrons. The first kappa shape index (κ1) is 21.3. The number of carbonyl (C=O) groups is 2. The Morgan fingerprint density at radius 3 is 2.68 bits per heavy atom. The highest BCUT2D eigenvalue weighted by molar-refractivity contribution is 5.78. The van der Waals surface area contributed by atoms with E-state index >= 15 is 0 Å². The molecule has 2 heterocycles. The third-order valence-electron chi connectivity index (χ3n) is 6.05. The second-order valence-corrected chi connectivity index (χ2v) is 8.56. The summed E-state index contributed by atoms with van der Waals surface area (Å²) in [6.45, 7) is 3.50. The minimum atomic E-state index is -0.461. The van der Waals surface area contributed by atoms with Gasteiger partial charge in [-0.3, -0.25) is 9.69 Å². The summed E-state index contributed by atoms with van der Waals surface area (Å²) in [5.74, 6) is -0.247. The molecule has 1 spiro atoms. The van der Waals surface area contributed by atoms with E-state index in [1.54, 1.807) is 11.0 Å². The number of rotatable bonds is 5. The van der Waals surface area contributed by atoms with Crippen LogP contribution in [0.3, 0.4) is 0 Å². The number of hydrogen-bond acceptors (Lipinski definition) is 3. The molecule has 2 aromatic rings. The Balaban J connectivity index is 1.34. The number of benzene rings is 2. The zero-order chi connectivity index (χ0) is 21.7. The van der Waals surface area contributed by atoms with Crippen molar-refractivity contribution in [3.8, 4) is 0 Å². The molecule has 2 fully saturated rings. The van der Waals surface area contributed by atoms with Crippen LogP contribution in [0.5, 0.6) is 0 Å². The Bertz CT molecular complexity index is 923. The molecule has 6 nitrogen and oxygen atoms in total. The normalized spacial score (nSPS) is 21.7. The lowest BCUT2D eigenvalue weighted by Gasteiger charge is -2.33. The lowest BCUT2D eigenvalue weighted by atomic mass is 9.98. The van der Waals surface area contributed by atoms with Gasteiger partial charge in [0.1, 0.15) is 5.82 Å². The van der Waals surface area contributed by atoms with Gasteiger partial charge in [-0.2, -0.15) is 0 Å². The van der Waals surface area contributed by atoms with Crippen LogP contribution < -0.4 is 10.6 Å². The van der Waals surface area contributed by atoms with Crippen molar-refractivity contribution in [3.63, 3.8) is 0 Å². The summed E-state index contributed by atoms with van der Waals surface area (Å²) < 4.78 is 13.6. The van der Waals surface area contributed by atoms with E-state index < -0.39 is 5.54 Å². The topological polar surface area (TPSA) is 64.7 Å². The predicted octanol–water partition coefficient (Wildman–Crippen LogP) is 2.54. The van der Waals surface area contributed by atoms with E-state index in [2.05, 4.69) is 15.5 Å². The zero-order valence-corrected chi connectivity index (χ0v) is 17.6. The zero-order valence-electron chi connectivity index (χ0n) is 17.6. The van der Waals surface area contributed by atoms with Crippen molar-refractivity contribution >= 4 is 11.9 Å². The number of likely N-dealkylation sites (tertiary alicyclic amines) is 1. The molecular formula is C24H29FN4O2. The number of carbonyl (C=O) groups excluding carboxylic acids is 2. The summed E-state index contributed by atoms with van der Waals surface area (Å²) in [7, 11) is 0. The average molecular weight is 425 g/mol. The summed E-state index contributed by atoms with van der Waals surface area (Å²) in [4.78, 5) is 29.0. The number of nitrogens with zero attached hydrogens (tertiary/aromatic N) is 2. The third-order valence-corrected chi connectivity index (χ3v) is 6.05. The maximum atomic E-state index is 13.6. The van der Waals surface area contributed by atoms with Gasteiger partial charge in [-0.1, -0.05) is 42.5 Å². The van der Waals surface area contributed by atoms with E-state index in [9.17, 15) is 14.0 Å². The second kappa shape index (κ2) is 9.47. The van der Waals surface area contributed by atoms with Gasteiger partial charge in [-0.05, 0) is 36.1 Å². The Labute approximate surface area is 182 Å². The van der Waals surface area contributed by atoms with Gasteiger partial charge in [0.05, 0.1) is 5.54 Å². The molecule has 2 aromatic carbocycles. The molecule has 0 aromatic heterocycles. The van der Waals surface area contributed by atoms with Crippen LogP contribution in [0.25, 0.3) is 0 Å². The molecule has 1 atom stereocenters. The van der Waals surface area contributed by atoms with Gasteiger partial charge in [-0.25, -0.2) is 9.18 Å². The maximum Gasteiger partial charge on any atom is 0.317 e. The number of halogens is 1. The van der Waals surface area contributed by atoms with E-state index in [1.807, 2.05) is 36.4 Å². The van der Waals surface area contributed by atoms with Crippen LogP contribution in [0, 0.1) is 5.82 Å². The highest BCUT2D eigenvalue weighted by Crippen LogP contribution is 2.26. The van der Waals surface area contributed by atoms with E-state index in [4.69, 9.17) is 0 Å². The molecule has 31 heavy (non-hydrogen) atoms. The van der Waals surface area contributed by atoms with E-state index in [0.717, 1.165) is 12.0 Å². The highest BCUT2D eigenvalue weighted by atomic mass is 19.1. The summed E-state index contributed by atoms with van der Waals surface area (Å²) in [5, 5.41) is 6.17. The summed E-state index contributed by atoms with van der Waals surface area (Å²) in [6.07, 6.45) is 1.90. The average Bonchev–Trinajstić information content (AvgIpc) is 3.09. The molecule has 0 radical (unpaired) electrons. The second-order valence-electron chi connectivity index (χ2n) is 8.56. The molecule has 2 N–H and O–H groups in total. The summed E-state index contributed by atoms with van der Waals surface area (Å²) in [5.41, 5.74) is 1.61. The molecule has 2 aliphatic heterocycles. The van der Waals surface area contributed by atoms with Crippen LogP contribution in [-0.2, 0) is 17.8 Å². The molecule has 7 heteroatoms. The maximum absolute atomic E-state index is 13.6. The monoisotopic (exact) mass is 424 g/mol. The van der Waals surface area contributed by atoms with E-state index in [0.29, 0.717) is 52.1 Å². The van der Waals surface area contributed by atoms with Crippen LogP contribution in [-0.4, -0.2) is 60.0 Å². The minimum absolute atomic E-state index is 0.00748. The molecule has 2 saturated heterocycles. The van der Waals surface area contributed by atoms with Crippen molar-refractivity contribution in [1.29, 1.82) is 0 Å². The standard InChI is InChI=1S/C24H29FN4O2/c25-21-8-4-7-20(15-21)16-28-13-10-22(30)27-24(17-28)11-14-29(18-24)23(31)26-12-9-19-5-2-1-3-6-19/h1-8,15H,9-14,16-18H2,(H,26,31)(H,27,30). The van der Waals surface area contributed by atoms with Crippen molar-refractivity contribution < 1.29 is 14.0 Å². The van der Waals surface area contributed by atoms with Crippen molar-refractivity contribution in [2.45, 2.75) is 31.3 Å². The van der Waals surface area contributed by atoms with Gasteiger partial charge < -0.3 is 15.5 Å². The Morgan fingerprint density at radius 1 is 1.06 bits per heavy atom. The Morgan fingerprint density at radius 2 is 1.87 bits per heavy atom. The van der Waals surface area contributed by atoms with Gasteiger partial charge in [-0.15, -0.1) is 0 Å². The first-order valence-electron chi connectivity index (χ1n) is 10.9. The SMILES string of the molecule is O=C1CCN(Cc2cccc(F)c2)CC2(CCN(C(=O)NCCc3ccccc3)C2)N1. The molecule has 0 saturated carbocycles. The molecule has 0 aliphatic carbocycles. The lowest BCUT2D eigenvalue weighted by Crippen LogP contribution is -2.55. The largest absolute Gasteiger partial charge is 0.347 e. The van der Waals surface area contributed by atoms with Gasteiger partial charge in [0, 0.05) is 45.7 Å². The summed E-state index contributed by atoms with van der Waals surface area (Å²) in [6, 6.07) is 16.5. The first-order chi connectivity index (χ1) is 15.0. The van der Waals surface area contributed by atoms with Crippen molar-refractivity contribution in [3.05, 3.63) is 71.5 Å². The third kappa shape index (κ3) is 5.61. The molecule has 0 bridgehead atoms. The van der Waals surface area contributed by atoms with Gasteiger partial charge >= 0.3 is 6.03 Å². The Hall–Kier alpha value is -2.93. The first-order valence-corrected chi connectivity index (χ1v) is 10.9.